The maximum Gasteiger partial charge on any atom is 0.316 e. The largest absolute Gasteiger partial charge is 0.748 e. The Morgan fingerprint density at radius 1 is 0.704 bits per heavy atom. The molecule has 2 aliphatic heterocycles. The number of esters is 1. The highest BCUT2D eigenvalue weighted by molar-refractivity contribution is 7.84. The number of nitrogens with zero attached hydrogens (tertiary/aromatic N) is 1. The Morgan fingerprint density at radius 2 is 1.22 bits per heavy atom. The number of quaternary nitrogens is 1. The third-order valence-electron chi connectivity index (χ3n) is 13.7. The summed E-state index contributed by atoms with van der Waals surface area (Å²) in [4.78, 5) is 95.9. The molecular formula is C61H81N5O14S. The van der Waals surface area contributed by atoms with Crippen LogP contribution in [0.1, 0.15) is 107 Å². The van der Waals surface area contributed by atoms with Crippen molar-refractivity contribution in [2.24, 2.45) is 17.3 Å². The van der Waals surface area contributed by atoms with Gasteiger partial charge in [-0.3, -0.25) is 33.6 Å². The van der Waals surface area contributed by atoms with Crippen molar-refractivity contribution in [1.82, 2.24) is 21.3 Å². The van der Waals surface area contributed by atoms with Crippen LogP contribution in [-0.4, -0.2) is 135 Å². The van der Waals surface area contributed by atoms with E-state index in [4.69, 9.17) is 31.9 Å². The number of amides is 4. The minimum absolute atomic E-state index is 0.00369. The van der Waals surface area contributed by atoms with E-state index in [-0.39, 0.29) is 72.8 Å². The maximum absolute atomic E-state index is 14.7. The van der Waals surface area contributed by atoms with E-state index in [0.717, 1.165) is 28.5 Å². The van der Waals surface area contributed by atoms with E-state index >= 15 is 0 Å². The van der Waals surface area contributed by atoms with Gasteiger partial charge in [0.05, 0.1) is 41.4 Å². The van der Waals surface area contributed by atoms with Crippen molar-refractivity contribution < 1.29 is 70.0 Å². The van der Waals surface area contributed by atoms with Gasteiger partial charge >= 0.3 is 5.97 Å². The smallest absolute Gasteiger partial charge is 0.316 e. The first-order chi connectivity index (χ1) is 38.1. The Hall–Kier alpha value is -6.84. The van der Waals surface area contributed by atoms with E-state index in [1.807, 2.05) is 100 Å². The number of hydrogen-bond donors (Lipinski definition) is 4. The molecule has 2 saturated heterocycles. The average Bonchev–Trinajstić information content (AvgIpc) is 4.19. The number of nitrogens with one attached hydrogen (secondary N) is 4. The number of hydrogen-bond acceptors (Lipinski definition) is 14. The van der Waals surface area contributed by atoms with Crippen LogP contribution in [0.25, 0.3) is 0 Å². The highest BCUT2D eigenvalue weighted by Gasteiger charge is 2.50. The number of ketones is 1. The van der Waals surface area contributed by atoms with Gasteiger partial charge < -0.3 is 49.3 Å². The number of Topliss-reactive ketones (excluding diaryl/α,β-unsaturated/α-hetero) is 1. The second-order valence-corrected chi connectivity index (χ2v) is 24.6. The first kappa shape index (κ1) is 65.0. The van der Waals surface area contributed by atoms with Gasteiger partial charge in [-0.05, 0) is 100 Å². The van der Waals surface area contributed by atoms with E-state index in [1.165, 1.54) is 0 Å². The molecule has 0 bridgehead atoms. The first-order valence-electron chi connectivity index (χ1n) is 27.5. The van der Waals surface area contributed by atoms with Gasteiger partial charge in [0.2, 0.25) is 17.7 Å². The van der Waals surface area contributed by atoms with E-state index < -0.39 is 69.0 Å². The Morgan fingerprint density at radius 3 is 1.78 bits per heavy atom. The molecule has 4 amide bonds. The molecule has 0 saturated carbocycles. The molecule has 0 aliphatic carbocycles. The number of ether oxygens (including phenoxy) is 4. The second-order valence-electron chi connectivity index (χ2n) is 23.2. The van der Waals surface area contributed by atoms with E-state index in [1.54, 1.807) is 58.0 Å². The summed E-state index contributed by atoms with van der Waals surface area (Å²) >= 11 is 0. The molecule has 81 heavy (non-hydrogen) atoms. The van der Waals surface area contributed by atoms with Crippen LogP contribution in [0.3, 0.4) is 0 Å². The Balaban J connectivity index is 0.00000230. The molecule has 4 aromatic rings. The summed E-state index contributed by atoms with van der Waals surface area (Å²) in [6.07, 6.45) is 2.78. The molecule has 5 atom stereocenters. The third-order valence-corrected chi connectivity index (χ3v) is 13.7. The molecule has 0 radical (unpaired) electrons. The van der Waals surface area contributed by atoms with Gasteiger partial charge in [0.15, 0.2) is 23.8 Å². The van der Waals surface area contributed by atoms with Gasteiger partial charge in [-0.25, -0.2) is 8.42 Å². The van der Waals surface area contributed by atoms with E-state index in [9.17, 15) is 33.6 Å². The zero-order chi connectivity index (χ0) is 59.5. The van der Waals surface area contributed by atoms with Gasteiger partial charge in [0.1, 0.15) is 56.3 Å². The molecule has 4 N–H and O–H groups in total. The molecule has 2 aliphatic rings. The monoisotopic (exact) mass is 1140 g/mol. The molecule has 4 aromatic carbocycles. The zero-order valence-electron chi connectivity index (χ0n) is 48.1. The SMILES string of the molecule is CC(C)C[C@H](NC(=O)[C@H](CCc1ccccc1)NC(=O)C[N+]1(Cc2ccc(OC(=O)C(C)(C)C)c(OCc3ccc(C=O)cc3)c2)CCOCC1)C(=O)N[C@@H](Cc1ccccc1)C(=O)N[C@@H](CC(C)C)C(=O)[C@@]1(C)CO1.CS(=O)(=O)[O-]. The number of morpholine rings is 1. The summed E-state index contributed by atoms with van der Waals surface area (Å²) in [5.41, 5.74) is 2.12. The molecule has 0 unspecified atom stereocenters. The van der Waals surface area contributed by atoms with Gasteiger partial charge in [-0.1, -0.05) is 113 Å². The van der Waals surface area contributed by atoms with Crippen LogP contribution in [0.5, 0.6) is 11.5 Å². The molecule has 0 spiro atoms. The molecule has 2 heterocycles. The molecule has 0 aromatic heterocycles. The topological polar surface area (TPSA) is 265 Å². The normalized spacial score (nSPS) is 17.2. The molecule has 20 heteroatoms. The number of aldehydes is 1. The summed E-state index contributed by atoms with van der Waals surface area (Å²) in [5, 5.41) is 11.9. The second kappa shape index (κ2) is 29.7. The lowest BCUT2D eigenvalue weighted by atomic mass is 9.93. The Bertz CT molecular complexity index is 2860. The lowest BCUT2D eigenvalue weighted by Gasteiger charge is -2.41. The van der Waals surface area contributed by atoms with Crippen molar-refractivity contribution in [3.63, 3.8) is 0 Å². The number of epoxide rings is 1. The quantitative estimate of drug-likeness (QED) is 0.0137. The van der Waals surface area contributed by atoms with Crippen molar-refractivity contribution >= 4 is 51.8 Å². The van der Waals surface area contributed by atoms with Gasteiger partial charge in [-0.15, -0.1) is 0 Å². The molecule has 6 rings (SSSR count). The van der Waals surface area contributed by atoms with Crippen molar-refractivity contribution in [1.29, 1.82) is 0 Å². The zero-order valence-corrected chi connectivity index (χ0v) is 48.9. The fraction of sp³-hybridized carbons (Fsp3) is 0.492. The van der Waals surface area contributed by atoms with Crippen LogP contribution in [0.4, 0.5) is 0 Å². The molecule has 2 fully saturated rings. The number of carbonyl (C=O) groups is 7. The molecule has 19 nitrogen and oxygen atoms in total. The highest BCUT2D eigenvalue weighted by atomic mass is 32.2. The van der Waals surface area contributed by atoms with Crippen LogP contribution in [0, 0.1) is 17.3 Å². The minimum Gasteiger partial charge on any atom is -0.748 e. The highest BCUT2D eigenvalue weighted by Crippen LogP contribution is 2.34. The predicted octanol–water partition coefficient (Wildman–Crippen LogP) is 5.80. The van der Waals surface area contributed by atoms with Gasteiger partial charge in [0, 0.05) is 23.8 Å². The van der Waals surface area contributed by atoms with E-state index in [0.29, 0.717) is 63.3 Å². The number of rotatable bonds is 27. The fourth-order valence-corrected chi connectivity index (χ4v) is 9.11. The fourth-order valence-electron chi connectivity index (χ4n) is 9.11. The minimum atomic E-state index is -3.92. The number of benzene rings is 4. The van der Waals surface area contributed by atoms with Crippen molar-refractivity contribution in [2.75, 3.05) is 45.7 Å². The first-order valence-corrected chi connectivity index (χ1v) is 29.3. The Kier molecular flexibility index (Phi) is 23.9. The summed E-state index contributed by atoms with van der Waals surface area (Å²) in [6.45, 7) is 17.3. The molecule has 440 valence electrons. The van der Waals surface area contributed by atoms with Crippen LogP contribution in [0.15, 0.2) is 103 Å². The van der Waals surface area contributed by atoms with Gasteiger partial charge in [0.25, 0.3) is 5.91 Å². The van der Waals surface area contributed by atoms with Crippen molar-refractivity contribution in [3.8, 4) is 11.5 Å². The van der Waals surface area contributed by atoms with Crippen LogP contribution in [-0.2, 0) is 74.4 Å². The van der Waals surface area contributed by atoms with E-state index in [2.05, 4.69) is 21.3 Å². The Labute approximate surface area is 476 Å². The number of carbonyl (C=O) groups excluding carboxylic acids is 7. The average molecular weight is 1140 g/mol. The summed E-state index contributed by atoms with van der Waals surface area (Å²) in [6, 6.07) is 27.1. The van der Waals surface area contributed by atoms with Crippen molar-refractivity contribution in [2.45, 2.75) is 130 Å². The molecular weight excluding hydrogens is 1060 g/mol. The maximum atomic E-state index is 14.7. The predicted molar refractivity (Wildman–Crippen MR) is 304 cm³/mol. The summed E-state index contributed by atoms with van der Waals surface area (Å²) in [5.74, 6) is -2.11. The van der Waals surface area contributed by atoms with Crippen LogP contribution < -0.4 is 30.7 Å². The van der Waals surface area contributed by atoms with Crippen LogP contribution >= 0.6 is 0 Å². The lowest BCUT2D eigenvalue weighted by molar-refractivity contribution is -0.940. The number of aryl methyl sites for hydroxylation is 1. The van der Waals surface area contributed by atoms with Gasteiger partial charge in [-0.2, -0.15) is 0 Å². The summed E-state index contributed by atoms with van der Waals surface area (Å²) in [7, 11) is -3.92. The summed E-state index contributed by atoms with van der Waals surface area (Å²) < 4.78 is 50.9. The standard InChI is InChI=1S/C60H77N5O11.CH4O3S/c1-40(2)31-48(54(68)60(8)39-75-60)62-57(71)50(33-43-17-13-10-14-18-43)64-56(70)49(32-41(3)4)63-55(69)47(25-23-42-15-11-9-12-16-42)61-53(67)36-65(27-29-73-30-28-65)35-46-24-26-51(76-58(72)59(5,6)7)52(34-46)74-38-45-21-19-44(37-66)20-22-45;1-5(2,3)4/h9-22,24,26,34,37,40-41,47-50H,23,25,27-33,35-36,38-39H2,1-8H3,(H3-,61,62,63,64,67,69,70,71);1H3,(H,2,3,4)/t47-,48-,49-,50-,60+;/m0./s1. The lowest BCUT2D eigenvalue weighted by Crippen LogP contribution is -2.61. The van der Waals surface area contributed by atoms with Crippen molar-refractivity contribution in [3.05, 3.63) is 131 Å². The van der Waals surface area contributed by atoms with Crippen LogP contribution in [0.2, 0.25) is 0 Å². The third kappa shape index (κ3) is 22.2.